The SMILES string of the molecule is CCCNC(=O)c1ccc(N2CCC3NNC(c4cccc(F)c4)C3C2)nc1. The predicted octanol–water partition coefficient (Wildman–Crippen LogP) is 2.40. The fourth-order valence-corrected chi connectivity index (χ4v) is 4.09. The van der Waals surface area contributed by atoms with Gasteiger partial charge >= 0.3 is 0 Å². The number of hydrogen-bond donors (Lipinski definition) is 3. The van der Waals surface area contributed by atoms with E-state index in [0.29, 0.717) is 24.1 Å². The minimum absolute atomic E-state index is 0.0580. The third-order valence-electron chi connectivity index (χ3n) is 5.59. The van der Waals surface area contributed by atoms with Gasteiger partial charge in [-0.25, -0.2) is 14.8 Å². The lowest BCUT2D eigenvalue weighted by Gasteiger charge is -2.37. The van der Waals surface area contributed by atoms with E-state index in [4.69, 9.17) is 0 Å². The minimum atomic E-state index is -0.214. The normalized spacial score (nSPS) is 24.1. The minimum Gasteiger partial charge on any atom is -0.356 e. The maximum absolute atomic E-state index is 13.7. The summed E-state index contributed by atoms with van der Waals surface area (Å²) >= 11 is 0. The predicted molar refractivity (Wildman–Crippen MR) is 106 cm³/mol. The summed E-state index contributed by atoms with van der Waals surface area (Å²) in [7, 11) is 0. The van der Waals surface area contributed by atoms with Gasteiger partial charge in [0, 0.05) is 37.8 Å². The molecule has 0 spiro atoms. The fraction of sp³-hybridized carbons (Fsp3) is 0.429. The van der Waals surface area contributed by atoms with Crippen LogP contribution >= 0.6 is 0 Å². The highest BCUT2D eigenvalue weighted by atomic mass is 19.1. The number of pyridine rings is 1. The molecular formula is C21H26FN5O. The van der Waals surface area contributed by atoms with Gasteiger partial charge in [-0.15, -0.1) is 0 Å². The number of rotatable bonds is 5. The van der Waals surface area contributed by atoms with Gasteiger partial charge < -0.3 is 10.2 Å². The first-order valence-electron chi connectivity index (χ1n) is 9.91. The van der Waals surface area contributed by atoms with Crippen molar-refractivity contribution in [2.75, 3.05) is 24.5 Å². The smallest absolute Gasteiger partial charge is 0.252 e. The number of halogens is 1. The molecule has 0 bridgehead atoms. The first-order chi connectivity index (χ1) is 13.7. The molecule has 6 nitrogen and oxygen atoms in total. The summed E-state index contributed by atoms with van der Waals surface area (Å²) in [5.41, 5.74) is 8.24. The summed E-state index contributed by atoms with van der Waals surface area (Å²) in [5.74, 6) is 0.879. The maximum atomic E-state index is 13.7. The molecule has 0 saturated carbocycles. The second kappa shape index (κ2) is 8.24. The lowest BCUT2D eigenvalue weighted by atomic mass is 9.85. The number of amides is 1. The molecule has 3 unspecified atom stereocenters. The van der Waals surface area contributed by atoms with Crippen molar-refractivity contribution in [2.24, 2.45) is 5.92 Å². The number of fused-ring (bicyclic) bond motifs is 1. The first kappa shape index (κ1) is 18.8. The lowest BCUT2D eigenvalue weighted by molar-refractivity contribution is 0.0953. The highest BCUT2D eigenvalue weighted by Crippen LogP contribution is 2.35. The molecule has 3 heterocycles. The Balaban J connectivity index is 1.46. The highest BCUT2D eigenvalue weighted by molar-refractivity contribution is 5.94. The fourth-order valence-electron chi connectivity index (χ4n) is 4.09. The summed E-state index contributed by atoms with van der Waals surface area (Å²) in [4.78, 5) is 18.8. The zero-order chi connectivity index (χ0) is 19.5. The number of aromatic nitrogens is 1. The van der Waals surface area contributed by atoms with Gasteiger partial charge in [-0.1, -0.05) is 19.1 Å². The van der Waals surface area contributed by atoms with Crippen LogP contribution in [-0.4, -0.2) is 36.6 Å². The van der Waals surface area contributed by atoms with Crippen LogP contribution in [0.1, 0.15) is 41.7 Å². The second-order valence-corrected chi connectivity index (χ2v) is 7.49. The van der Waals surface area contributed by atoms with Crippen LogP contribution in [0.4, 0.5) is 10.2 Å². The van der Waals surface area contributed by atoms with Crippen molar-refractivity contribution >= 4 is 11.7 Å². The Morgan fingerprint density at radius 2 is 2.21 bits per heavy atom. The third-order valence-corrected chi connectivity index (χ3v) is 5.59. The number of carbonyl (C=O) groups excluding carboxylic acids is 1. The van der Waals surface area contributed by atoms with Gasteiger partial charge in [0.2, 0.25) is 0 Å². The molecule has 2 fully saturated rings. The quantitative estimate of drug-likeness (QED) is 0.740. The molecular weight excluding hydrogens is 357 g/mol. The second-order valence-electron chi connectivity index (χ2n) is 7.49. The Kier molecular flexibility index (Phi) is 5.54. The molecule has 2 aliphatic heterocycles. The number of anilines is 1. The molecule has 7 heteroatoms. The molecule has 2 aromatic rings. The van der Waals surface area contributed by atoms with Crippen molar-refractivity contribution in [3.63, 3.8) is 0 Å². The van der Waals surface area contributed by atoms with Crippen molar-refractivity contribution in [1.82, 2.24) is 21.2 Å². The summed E-state index contributed by atoms with van der Waals surface area (Å²) in [6.45, 7) is 4.40. The average molecular weight is 383 g/mol. The van der Waals surface area contributed by atoms with Crippen molar-refractivity contribution in [3.05, 3.63) is 59.5 Å². The number of piperidine rings is 1. The molecule has 3 atom stereocenters. The summed E-state index contributed by atoms with van der Waals surface area (Å²) in [5, 5.41) is 2.87. The Morgan fingerprint density at radius 3 is 2.96 bits per heavy atom. The zero-order valence-electron chi connectivity index (χ0n) is 16.0. The number of nitrogens with zero attached hydrogens (tertiary/aromatic N) is 2. The van der Waals surface area contributed by atoms with E-state index >= 15 is 0 Å². The van der Waals surface area contributed by atoms with Crippen LogP contribution in [0.3, 0.4) is 0 Å². The van der Waals surface area contributed by atoms with E-state index in [1.54, 1.807) is 18.3 Å². The Morgan fingerprint density at radius 1 is 1.32 bits per heavy atom. The topological polar surface area (TPSA) is 69.3 Å². The summed E-state index contributed by atoms with van der Waals surface area (Å²) in [6.07, 6.45) is 3.52. The van der Waals surface area contributed by atoms with Gasteiger partial charge in [0.15, 0.2) is 0 Å². The van der Waals surface area contributed by atoms with Crippen molar-refractivity contribution in [3.8, 4) is 0 Å². The van der Waals surface area contributed by atoms with E-state index in [1.165, 1.54) is 6.07 Å². The maximum Gasteiger partial charge on any atom is 0.252 e. The van der Waals surface area contributed by atoms with Gasteiger partial charge in [-0.05, 0) is 42.7 Å². The molecule has 1 aromatic heterocycles. The van der Waals surface area contributed by atoms with Crippen molar-refractivity contribution in [1.29, 1.82) is 0 Å². The molecule has 0 aliphatic carbocycles. The molecule has 2 saturated heterocycles. The number of nitrogens with one attached hydrogen (secondary N) is 3. The van der Waals surface area contributed by atoms with Crippen LogP contribution in [0, 0.1) is 11.7 Å². The number of hydrazine groups is 1. The van der Waals surface area contributed by atoms with E-state index in [9.17, 15) is 9.18 Å². The van der Waals surface area contributed by atoms with E-state index in [2.05, 4.69) is 26.1 Å². The summed E-state index contributed by atoms with van der Waals surface area (Å²) < 4.78 is 13.7. The van der Waals surface area contributed by atoms with E-state index in [-0.39, 0.29) is 17.8 Å². The molecule has 1 aromatic carbocycles. The molecule has 148 valence electrons. The molecule has 2 aliphatic rings. The van der Waals surface area contributed by atoms with Crippen molar-refractivity contribution in [2.45, 2.75) is 31.8 Å². The molecule has 3 N–H and O–H groups in total. The van der Waals surface area contributed by atoms with E-state index < -0.39 is 0 Å². The van der Waals surface area contributed by atoms with Crippen LogP contribution in [0.25, 0.3) is 0 Å². The molecule has 28 heavy (non-hydrogen) atoms. The van der Waals surface area contributed by atoms with Crippen LogP contribution in [-0.2, 0) is 0 Å². The third kappa shape index (κ3) is 3.86. The standard InChI is InChI=1S/C21H26FN5O/c1-2-9-23-21(28)15-6-7-19(24-12-15)27-10-8-18-17(13-27)20(26-25-18)14-4-3-5-16(22)11-14/h3-7,11-12,17-18,20,25-26H,2,8-10,13H2,1H3,(H,23,28). The van der Waals surface area contributed by atoms with E-state index in [1.807, 2.05) is 25.1 Å². The Hall–Kier alpha value is -2.51. The van der Waals surface area contributed by atoms with Crippen molar-refractivity contribution < 1.29 is 9.18 Å². The molecule has 4 rings (SSSR count). The van der Waals surface area contributed by atoms with Gasteiger partial charge in [-0.3, -0.25) is 10.2 Å². The highest BCUT2D eigenvalue weighted by Gasteiger charge is 2.40. The van der Waals surface area contributed by atoms with Gasteiger partial charge in [0.25, 0.3) is 5.91 Å². The van der Waals surface area contributed by atoms with Crippen LogP contribution in [0.2, 0.25) is 0 Å². The largest absolute Gasteiger partial charge is 0.356 e. The zero-order valence-corrected chi connectivity index (χ0v) is 16.0. The van der Waals surface area contributed by atoms with Crippen LogP contribution in [0.15, 0.2) is 42.6 Å². The summed E-state index contributed by atoms with van der Waals surface area (Å²) in [6, 6.07) is 10.9. The molecule has 1 amide bonds. The lowest BCUT2D eigenvalue weighted by Crippen LogP contribution is -2.45. The Bertz CT molecular complexity index is 828. The Labute approximate surface area is 164 Å². The number of benzene rings is 1. The van der Waals surface area contributed by atoms with Crippen LogP contribution in [0.5, 0.6) is 0 Å². The monoisotopic (exact) mass is 383 g/mol. The first-order valence-corrected chi connectivity index (χ1v) is 9.91. The van der Waals surface area contributed by atoms with Gasteiger partial charge in [-0.2, -0.15) is 0 Å². The van der Waals surface area contributed by atoms with Crippen LogP contribution < -0.4 is 21.1 Å². The molecule has 0 radical (unpaired) electrons. The van der Waals surface area contributed by atoms with E-state index in [0.717, 1.165) is 37.3 Å². The van der Waals surface area contributed by atoms with Gasteiger partial charge in [0.1, 0.15) is 11.6 Å². The average Bonchev–Trinajstić information content (AvgIpc) is 3.15. The van der Waals surface area contributed by atoms with Gasteiger partial charge in [0.05, 0.1) is 11.6 Å². The number of hydrogen-bond acceptors (Lipinski definition) is 5. The number of carbonyl (C=O) groups is 1.